The van der Waals surface area contributed by atoms with Gasteiger partial charge < -0.3 is 5.11 Å². The zero-order chi connectivity index (χ0) is 16.2. The molecule has 5 heteroatoms. The fourth-order valence-corrected chi connectivity index (χ4v) is 3.29. The molecular weight excluding hydrogens is 295 g/mol. The van der Waals surface area contributed by atoms with Gasteiger partial charge in [-0.15, -0.1) is 0 Å². The summed E-state index contributed by atoms with van der Waals surface area (Å²) in [6.45, 7) is 0.871. The van der Waals surface area contributed by atoms with Crippen molar-refractivity contribution >= 4 is 5.97 Å². The summed E-state index contributed by atoms with van der Waals surface area (Å²) < 4.78 is 15.9. The maximum atomic E-state index is 14.1. The highest BCUT2D eigenvalue weighted by molar-refractivity contribution is 5.71. The molecule has 0 bridgehead atoms. The maximum Gasteiger partial charge on any atom is 0.307 e. The number of carboxylic acids is 1. The highest BCUT2D eigenvalue weighted by Gasteiger charge is 2.16. The molecule has 1 N–H and O–H groups in total. The molecule has 2 aromatic rings. The molecule has 0 atom stereocenters. The Morgan fingerprint density at radius 3 is 2.78 bits per heavy atom. The van der Waals surface area contributed by atoms with E-state index in [4.69, 9.17) is 5.11 Å². The lowest BCUT2D eigenvalue weighted by Crippen LogP contribution is -2.14. The number of carboxylic acid groups (broad SMARTS) is 1. The average molecular weight is 316 g/mol. The number of hydrogen-bond acceptors (Lipinski definition) is 2. The number of nitrogens with zero attached hydrogens (tertiary/aromatic N) is 2. The van der Waals surface area contributed by atoms with Gasteiger partial charge in [-0.3, -0.25) is 9.48 Å². The third kappa shape index (κ3) is 3.97. The van der Waals surface area contributed by atoms with Crippen LogP contribution in [0, 0.1) is 11.7 Å². The molecule has 4 nitrogen and oxygen atoms in total. The Kier molecular flexibility index (Phi) is 4.74. The Hall–Kier alpha value is -2.17. The minimum absolute atomic E-state index is 0.115. The predicted molar refractivity (Wildman–Crippen MR) is 85.5 cm³/mol. The second-order valence-electron chi connectivity index (χ2n) is 6.31. The third-order valence-electron chi connectivity index (χ3n) is 4.47. The van der Waals surface area contributed by atoms with Gasteiger partial charge in [-0.1, -0.05) is 25.3 Å². The smallest absolute Gasteiger partial charge is 0.307 e. The molecule has 1 saturated carbocycles. The van der Waals surface area contributed by atoms with Crippen LogP contribution in [0.1, 0.15) is 37.7 Å². The Balaban J connectivity index is 1.77. The molecule has 0 aliphatic heterocycles. The van der Waals surface area contributed by atoms with Gasteiger partial charge in [0, 0.05) is 18.3 Å². The van der Waals surface area contributed by atoms with Crippen molar-refractivity contribution < 1.29 is 14.3 Å². The van der Waals surface area contributed by atoms with Crippen molar-refractivity contribution in [1.82, 2.24) is 9.78 Å². The van der Waals surface area contributed by atoms with Crippen LogP contribution in [-0.2, 0) is 17.8 Å². The second-order valence-corrected chi connectivity index (χ2v) is 6.31. The van der Waals surface area contributed by atoms with Crippen LogP contribution in [-0.4, -0.2) is 20.9 Å². The van der Waals surface area contributed by atoms with E-state index in [0.29, 0.717) is 22.7 Å². The fourth-order valence-electron chi connectivity index (χ4n) is 3.29. The normalized spacial score (nSPS) is 15.7. The number of aliphatic carboxylic acids is 1. The molecule has 1 fully saturated rings. The number of carbonyl (C=O) groups is 1. The van der Waals surface area contributed by atoms with Crippen molar-refractivity contribution in [3.05, 3.63) is 41.8 Å². The van der Waals surface area contributed by atoms with E-state index in [1.54, 1.807) is 12.1 Å². The maximum absolute atomic E-state index is 14.1. The molecule has 0 unspecified atom stereocenters. The van der Waals surface area contributed by atoms with Gasteiger partial charge in [-0.2, -0.15) is 5.10 Å². The minimum atomic E-state index is -0.926. The van der Waals surface area contributed by atoms with Gasteiger partial charge in [0.1, 0.15) is 5.82 Å². The fraction of sp³-hybridized carbons (Fsp3) is 0.444. The first-order valence-corrected chi connectivity index (χ1v) is 8.16. The average Bonchev–Trinajstić information content (AvgIpc) is 2.98. The summed E-state index contributed by atoms with van der Waals surface area (Å²) in [5, 5.41) is 13.4. The first-order valence-electron chi connectivity index (χ1n) is 8.16. The lowest BCUT2D eigenvalue weighted by atomic mass is 9.89. The number of benzene rings is 1. The van der Waals surface area contributed by atoms with Crippen LogP contribution in [0.2, 0.25) is 0 Å². The van der Waals surface area contributed by atoms with Gasteiger partial charge in [0.25, 0.3) is 0 Å². The van der Waals surface area contributed by atoms with Crippen molar-refractivity contribution in [2.45, 2.75) is 45.1 Å². The SMILES string of the molecule is O=C(O)Cc1ccc(F)c(-c2ccn(CC3CCCCC3)n2)c1. The molecule has 1 aliphatic rings. The molecule has 0 saturated heterocycles. The van der Waals surface area contributed by atoms with Gasteiger partial charge in [0.2, 0.25) is 0 Å². The van der Waals surface area contributed by atoms with Crippen LogP contribution >= 0.6 is 0 Å². The largest absolute Gasteiger partial charge is 0.481 e. The van der Waals surface area contributed by atoms with E-state index in [1.807, 2.05) is 10.9 Å². The van der Waals surface area contributed by atoms with Crippen molar-refractivity contribution in [2.24, 2.45) is 5.92 Å². The molecule has 0 radical (unpaired) electrons. The molecule has 122 valence electrons. The first-order chi connectivity index (χ1) is 11.1. The van der Waals surface area contributed by atoms with Gasteiger partial charge in [0.15, 0.2) is 0 Å². The number of hydrogen-bond donors (Lipinski definition) is 1. The number of rotatable bonds is 5. The van der Waals surface area contributed by atoms with E-state index in [1.165, 1.54) is 44.2 Å². The molecule has 1 aromatic heterocycles. The Morgan fingerprint density at radius 1 is 1.26 bits per heavy atom. The Morgan fingerprint density at radius 2 is 2.04 bits per heavy atom. The zero-order valence-corrected chi connectivity index (χ0v) is 13.0. The highest BCUT2D eigenvalue weighted by Crippen LogP contribution is 2.26. The van der Waals surface area contributed by atoms with Crippen LogP contribution in [0.5, 0.6) is 0 Å². The van der Waals surface area contributed by atoms with Gasteiger partial charge in [-0.05, 0) is 42.5 Å². The van der Waals surface area contributed by atoms with E-state index in [9.17, 15) is 9.18 Å². The molecule has 0 spiro atoms. The van der Waals surface area contributed by atoms with E-state index in [0.717, 1.165) is 6.54 Å². The van der Waals surface area contributed by atoms with Gasteiger partial charge in [0.05, 0.1) is 12.1 Å². The molecule has 23 heavy (non-hydrogen) atoms. The van der Waals surface area contributed by atoms with Gasteiger partial charge >= 0.3 is 5.97 Å². The molecule has 1 aliphatic carbocycles. The van der Waals surface area contributed by atoms with E-state index in [2.05, 4.69) is 5.10 Å². The van der Waals surface area contributed by atoms with Crippen LogP contribution < -0.4 is 0 Å². The van der Waals surface area contributed by atoms with Crippen LogP contribution in [0.15, 0.2) is 30.5 Å². The summed E-state index contributed by atoms with van der Waals surface area (Å²) in [4.78, 5) is 10.8. The topological polar surface area (TPSA) is 55.1 Å². The van der Waals surface area contributed by atoms with Crippen molar-refractivity contribution in [3.8, 4) is 11.3 Å². The highest BCUT2D eigenvalue weighted by atomic mass is 19.1. The number of halogens is 1. The van der Waals surface area contributed by atoms with Crippen LogP contribution in [0.3, 0.4) is 0 Å². The number of aromatic nitrogens is 2. The molecule has 1 aromatic carbocycles. The molecule has 3 rings (SSSR count). The summed E-state index contributed by atoms with van der Waals surface area (Å²) >= 11 is 0. The lowest BCUT2D eigenvalue weighted by molar-refractivity contribution is -0.136. The lowest BCUT2D eigenvalue weighted by Gasteiger charge is -2.21. The summed E-state index contributed by atoms with van der Waals surface area (Å²) in [6, 6.07) is 6.20. The minimum Gasteiger partial charge on any atom is -0.481 e. The van der Waals surface area contributed by atoms with E-state index < -0.39 is 5.97 Å². The Bertz CT molecular complexity index is 690. The molecule has 1 heterocycles. The van der Waals surface area contributed by atoms with Crippen molar-refractivity contribution in [2.75, 3.05) is 0 Å². The third-order valence-corrected chi connectivity index (χ3v) is 4.47. The second kappa shape index (κ2) is 6.94. The van der Waals surface area contributed by atoms with Gasteiger partial charge in [-0.25, -0.2) is 4.39 Å². The summed E-state index contributed by atoms with van der Waals surface area (Å²) in [7, 11) is 0. The predicted octanol–water partition coefficient (Wildman–Crippen LogP) is 3.90. The summed E-state index contributed by atoms with van der Waals surface area (Å²) in [6.07, 6.45) is 8.12. The van der Waals surface area contributed by atoms with E-state index >= 15 is 0 Å². The molecular formula is C18H21FN2O2. The van der Waals surface area contributed by atoms with E-state index in [-0.39, 0.29) is 12.2 Å². The van der Waals surface area contributed by atoms with Crippen LogP contribution in [0.4, 0.5) is 4.39 Å². The van der Waals surface area contributed by atoms with Crippen molar-refractivity contribution in [1.29, 1.82) is 0 Å². The quantitative estimate of drug-likeness (QED) is 0.910. The van der Waals surface area contributed by atoms with Crippen LogP contribution in [0.25, 0.3) is 11.3 Å². The molecule has 0 amide bonds. The summed E-state index contributed by atoms with van der Waals surface area (Å²) in [5.74, 6) is -0.646. The monoisotopic (exact) mass is 316 g/mol. The first kappa shape index (κ1) is 15.7. The Labute approximate surface area is 134 Å². The zero-order valence-electron chi connectivity index (χ0n) is 13.0. The summed E-state index contributed by atoms with van der Waals surface area (Å²) in [5.41, 5.74) is 1.51. The standard InChI is InChI=1S/C18H21FN2O2/c19-16-7-6-14(11-18(22)23)10-15(16)17-8-9-21(20-17)12-13-4-2-1-3-5-13/h6-10,13H,1-5,11-12H2,(H,22,23). The van der Waals surface area contributed by atoms with Crippen molar-refractivity contribution in [3.63, 3.8) is 0 Å².